The lowest BCUT2D eigenvalue weighted by Gasteiger charge is -1.98. The number of non-ortho nitro benzene ring substituents is 1. The first-order valence-electron chi connectivity index (χ1n) is 4.81. The molecule has 0 heterocycles. The summed E-state index contributed by atoms with van der Waals surface area (Å²) in [5.74, 6) is -0.248. The fourth-order valence-electron chi connectivity index (χ4n) is 1.10. The van der Waals surface area contributed by atoms with Gasteiger partial charge in [0.25, 0.3) is 5.69 Å². The molecule has 0 saturated heterocycles. The van der Waals surface area contributed by atoms with Gasteiger partial charge in [0.2, 0.25) is 0 Å². The van der Waals surface area contributed by atoms with Gasteiger partial charge in [-0.2, -0.15) is 10.5 Å². The van der Waals surface area contributed by atoms with E-state index in [0.717, 1.165) is 24.4 Å². The number of benzene rings is 1. The SMILES string of the molecule is N#C/C(N)=C(\C#N)N=Cc1cc([N+](=O)[O-])ccc1O. The van der Waals surface area contributed by atoms with E-state index in [1.54, 1.807) is 12.1 Å². The van der Waals surface area contributed by atoms with Crippen LogP contribution in [0.4, 0.5) is 5.69 Å². The van der Waals surface area contributed by atoms with Gasteiger partial charge in [-0.25, -0.2) is 4.99 Å². The standard InChI is InChI=1S/C11H7N5O3/c12-4-9(14)10(5-13)15-6-7-3-8(16(18)19)1-2-11(7)17/h1-3,6,17H,14H2/b10-9-,15-6?. The number of nitrogens with two attached hydrogens (primary N) is 1. The molecule has 0 aliphatic heterocycles. The second-order valence-corrected chi connectivity index (χ2v) is 3.24. The van der Waals surface area contributed by atoms with Crippen molar-refractivity contribution in [3.05, 3.63) is 45.3 Å². The number of aliphatic imine (C=N–C) groups is 1. The molecule has 0 saturated carbocycles. The number of aromatic hydroxyl groups is 1. The molecule has 0 unspecified atom stereocenters. The molecule has 94 valence electrons. The van der Waals surface area contributed by atoms with Crippen LogP contribution < -0.4 is 5.73 Å². The van der Waals surface area contributed by atoms with Crippen LogP contribution in [-0.4, -0.2) is 16.2 Å². The maximum absolute atomic E-state index is 10.6. The summed E-state index contributed by atoms with van der Waals surface area (Å²) >= 11 is 0. The Morgan fingerprint density at radius 3 is 2.68 bits per heavy atom. The van der Waals surface area contributed by atoms with Crippen LogP contribution in [0, 0.1) is 32.8 Å². The van der Waals surface area contributed by atoms with E-state index in [9.17, 15) is 15.2 Å². The van der Waals surface area contributed by atoms with Crippen molar-refractivity contribution in [1.29, 1.82) is 10.5 Å². The Morgan fingerprint density at radius 2 is 2.16 bits per heavy atom. The number of nitrogens with zero attached hydrogens (tertiary/aromatic N) is 4. The topological polar surface area (TPSA) is 149 Å². The van der Waals surface area contributed by atoms with Gasteiger partial charge < -0.3 is 10.8 Å². The van der Waals surface area contributed by atoms with Crippen LogP contribution in [-0.2, 0) is 0 Å². The summed E-state index contributed by atoms with van der Waals surface area (Å²) in [4.78, 5) is 13.5. The van der Waals surface area contributed by atoms with Crippen molar-refractivity contribution in [3.63, 3.8) is 0 Å². The van der Waals surface area contributed by atoms with E-state index >= 15 is 0 Å². The van der Waals surface area contributed by atoms with E-state index < -0.39 is 4.92 Å². The fourth-order valence-corrected chi connectivity index (χ4v) is 1.10. The lowest BCUT2D eigenvalue weighted by Crippen LogP contribution is -1.98. The molecular weight excluding hydrogens is 250 g/mol. The minimum atomic E-state index is -0.637. The summed E-state index contributed by atoms with van der Waals surface area (Å²) in [6, 6.07) is 6.48. The third kappa shape index (κ3) is 3.28. The maximum Gasteiger partial charge on any atom is 0.270 e. The third-order valence-electron chi connectivity index (χ3n) is 2.04. The molecule has 0 aliphatic carbocycles. The van der Waals surface area contributed by atoms with Crippen LogP contribution >= 0.6 is 0 Å². The average molecular weight is 257 g/mol. The molecule has 0 aromatic heterocycles. The largest absolute Gasteiger partial charge is 0.507 e. The highest BCUT2D eigenvalue weighted by molar-refractivity contribution is 5.85. The number of nitriles is 2. The van der Waals surface area contributed by atoms with E-state index in [0.29, 0.717) is 0 Å². The van der Waals surface area contributed by atoms with Crippen molar-refractivity contribution in [2.75, 3.05) is 0 Å². The number of allylic oxidation sites excluding steroid dienone is 2. The van der Waals surface area contributed by atoms with Gasteiger partial charge in [-0.3, -0.25) is 10.1 Å². The Kier molecular flexibility index (Phi) is 4.17. The molecule has 3 N–H and O–H groups in total. The van der Waals surface area contributed by atoms with Gasteiger partial charge in [-0.1, -0.05) is 0 Å². The van der Waals surface area contributed by atoms with Gasteiger partial charge in [0.15, 0.2) is 5.70 Å². The van der Waals surface area contributed by atoms with Crippen LogP contribution in [0.2, 0.25) is 0 Å². The first-order valence-corrected chi connectivity index (χ1v) is 4.81. The fraction of sp³-hybridized carbons (Fsp3) is 0. The second kappa shape index (κ2) is 5.80. The lowest BCUT2D eigenvalue weighted by atomic mass is 10.2. The Balaban J connectivity index is 3.20. The van der Waals surface area contributed by atoms with E-state index in [-0.39, 0.29) is 28.4 Å². The number of nitro benzene ring substituents is 1. The van der Waals surface area contributed by atoms with Gasteiger partial charge in [0.05, 0.1) is 4.92 Å². The number of nitro groups is 1. The Hall–Kier alpha value is -3.39. The summed E-state index contributed by atoms with van der Waals surface area (Å²) in [6.45, 7) is 0. The van der Waals surface area contributed by atoms with Crippen LogP contribution in [0.15, 0.2) is 34.6 Å². The van der Waals surface area contributed by atoms with Crippen molar-refractivity contribution < 1.29 is 10.0 Å². The molecule has 0 amide bonds. The van der Waals surface area contributed by atoms with Crippen molar-refractivity contribution in [1.82, 2.24) is 0 Å². The zero-order valence-electron chi connectivity index (χ0n) is 9.44. The maximum atomic E-state index is 10.6. The van der Waals surface area contributed by atoms with E-state index in [1.807, 2.05) is 0 Å². The van der Waals surface area contributed by atoms with Gasteiger partial charge in [0, 0.05) is 23.9 Å². The van der Waals surface area contributed by atoms with Crippen LogP contribution in [0.3, 0.4) is 0 Å². The molecular formula is C11H7N5O3. The van der Waals surface area contributed by atoms with Crippen LogP contribution in [0.1, 0.15) is 5.56 Å². The van der Waals surface area contributed by atoms with Crippen molar-refractivity contribution in [2.24, 2.45) is 10.7 Å². The molecule has 8 nitrogen and oxygen atoms in total. The predicted octanol–water partition coefficient (Wildman–Crippen LogP) is 0.937. The zero-order chi connectivity index (χ0) is 14.4. The smallest absolute Gasteiger partial charge is 0.270 e. The van der Waals surface area contributed by atoms with Gasteiger partial charge >= 0.3 is 0 Å². The van der Waals surface area contributed by atoms with Crippen molar-refractivity contribution in [3.8, 4) is 17.9 Å². The Labute approximate surface area is 107 Å². The predicted molar refractivity (Wildman–Crippen MR) is 64.8 cm³/mol. The number of phenols is 1. The van der Waals surface area contributed by atoms with Gasteiger partial charge in [0.1, 0.15) is 23.6 Å². The van der Waals surface area contributed by atoms with Gasteiger partial charge in [-0.15, -0.1) is 0 Å². The molecule has 8 heteroatoms. The summed E-state index contributed by atoms with van der Waals surface area (Å²) in [5.41, 5.74) is 4.29. The monoisotopic (exact) mass is 257 g/mol. The normalized spacial score (nSPS) is 11.5. The highest BCUT2D eigenvalue weighted by Gasteiger charge is 2.09. The number of hydrogen-bond donors (Lipinski definition) is 2. The third-order valence-corrected chi connectivity index (χ3v) is 2.04. The van der Waals surface area contributed by atoms with Crippen molar-refractivity contribution in [2.45, 2.75) is 0 Å². The van der Waals surface area contributed by atoms with Crippen LogP contribution in [0.5, 0.6) is 5.75 Å². The number of hydrogen-bond acceptors (Lipinski definition) is 7. The first kappa shape index (κ1) is 13.7. The summed E-state index contributed by atoms with van der Waals surface area (Å²) < 4.78 is 0. The lowest BCUT2D eigenvalue weighted by molar-refractivity contribution is -0.384. The minimum Gasteiger partial charge on any atom is -0.507 e. The molecule has 0 atom stereocenters. The van der Waals surface area contributed by atoms with Crippen molar-refractivity contribution >= 4 is 11.9 Å². The van der Waals surface area contributed by atoms with Gasteiger partial charge in [-0.05, 0) is 6.07 Å². The Bertz CT molecular complexity index is 664. The molecule has 0 fully saturated rings. The molecule has 19 heavy (non-hydrogen) atoms. The summed E-state index contributed by atoms with van der Waals surface area (Å²) in [7, 11) is 0. The molecule has 1 rings (SSSR count). The molecule has 0 radical (unpaired) electrons. The van der Waals surface area contributed by atoms with E-state index in [4.69, 9.17) is 16.3 Å². The summed E-state index contributed by atoms with van der Waals surface area (Å²) in [6.07, 6.45) is 1.02. The first-order chi connectivity index (χ1) is 8.99. The minimum absolute atomic E-state index is 0.0349. The second-order valence-electron chi connectivity index (χ2n) is 3.24. The molecule has 0 bridgehead atoms. The Morgan fingerprint density at radius 1 is 1.47 bits per heavy atom. The quantitative estimate of drug-likeness (QED) is 0.356. The molecule has 0 aliphatic rings. The van der Waals surface area contributed by atoms with Crippen LogP contribution in [0.25, 0.3) is 0 Å². The zero-order valence-corrected chi connectivity index (χ0v) is 9.44. The summed E-state index contributed by atoms with van der Waals surface area (Å²) in [5, 5.41) is 37.3. The average Bonchev–Trinajstić information content (AvgIpc) is 2.40. The molecule has 1 aromatic rings. The van der Waals surface area contributed by atoms with E-state index in [2.05, 4.69) is 4.99 Å². The molecule has 0 spiro atoms. The highest BCUT2D eigenvalue weighted by Crippen LogP contribution is 2.21. The highest BCUT2D eigenvalue weighted by atomic mass is 16.6. The van der Waals surface area contributed by atoms with E-state index in [1.165, 1.54) is 0 Å². The number of phenolic OH excluding ortho intramolecular Hbond substituents is 1. The molecule has 1 aromatic carbocycles. The number of rotatable bonds is 3.